The van der Waals surface area contributed by atoms with Crippen molar-refractivity contribution in [1.82, 2.24) is 4.90 Å². The van der Waals surface area contributed by atoms with Gasteiger partial charge in [0.05, 0.1) is 0 Å². The van der Waals surface area contributed by atoms with Gasteiger partial charge in [0.1, 0.15) is 5.78 Å². The molecule has 0 bridgehead atoms. The van der Waals surface area contributed by atoms with E-state index in [0.29, 0.717) is 6.42 Å². The lowest BCUT2D eigenvalue weighted by atomic mass is 10.1. The fraction of sp³-hybridized carbons (Fsp3) is 0.727. The quantitative estimate of drug-likeness (QED) is 0.778. The maximum atomic E-state index is 12.5. The van der Waals surface area contributed by atoms with Gasteiger partial charge in [0, 0.05) is 25.4 Å². The Hall–Kier alpha value is -0.880. The molecule has 0 aromatic carbocycles. The fourth-order valence-corrected chi connectivity index (χ4v) is 2.04. The molecule has 0 spiro atoms. The highest BCUT2D eigenvalue weighted by Gasteiger charge is 2.45. The van der Waals surface area contributed by atoms with Gasteiger partial charge in [-0.25, -0.2) is 0 Å². The van der Waals surface area contributed by atoms with Crippen LogP contribution in [-0.4, -0.2) is 40.8 Å². The number of carbonyl (C=O) groups excluding carboxylic acids is 1. The Balaban J connectivity index is 2.84. The lowest BCUT2D eigenvalue weighted by molar-refractivity contribution is -0.256. The molecule has 3 nitrogen and oxygen atoms in total. The van der Waals surface area contributed by atoms with Crippen LogP contribution in [0.1, 0.15) is 25.7 Å². The van der Waals surface area contributed by atoms with Crippen LogP contribution in [0.5, 0.6) is 0 Å². The van der Waals surface area contributed by atoms with E-state index in [1.165, 1.54) is 6.08 Å². The summed E-state index contributed by atoms with van der Waals surface area (Å²) in [5, 5.41) is 9.27. The molecule has 1 fully saturated rings. The summed E-state index contributed by atoms with van der Waals surface area (Å²) in [6, 6.07) is -0.612. The number of carbonyl (C=O) groups is 1. The molecule has 6 heteroatoms. The average molecular weight is 251 g/mol. The van der Waals surface area contributed by atoms with Crippen molar-refractivity contribution in [2.75, 3.05) is 6.54 Å². The van der Waals surface area contributed by atoms with Crippen LogP contribution < -0.4 is 0 Å². The Morgan fingerprint density at radius 2 is 2.24 bits per heavy atom. The highest BCUT2D eigenvalue weighted by atomic mass is 19.4. The van der Waals surface area contributed by atoms with Gasteiger partial charge in [0.15, 0.2) is 0 Å². The number of hydrogen-bond acceptors (Lipinski definition) is 3. The Labute approximate surface area is 97.9 Å². The number of rotatable bonds is 3. The number of nitrogens with zero attached hydrogens (tertiary/aromatic N) is 1. The summed E-state index contributed by atoms with van der Waals surface area (Å²) in [5.41, 5.74) is 0. The molecule has 98 valence electrons. The number of aliphatic hydroxyl groups excluding tert-OH is 1. The molecule has 1 saturated heterocycles. The van der Waals surface area contributed by atoms with Crippen LogP contribution in [0.4, 0.5) is 13.2 Å². The molecule has 1 aliphatic heterocycles. The van der Waals surface area contributed by atoms with Gasteiger partial charge in [-0.05, 0) is 12.8 Å². The van der Waals surface area contributed by atoms with Gasteiger partial charge in [-0.15, -0.1) is 6.58 Å². The third-order valence-electron chi connectivity index (χ3n) is 2.85. The lowest BCUT2D eigenvalue weighted by Gasteiger charge is -2.33. The zero-order valence-corrected chi connectivity index (χ0v) is 9.41. The molecule has 1 N–H and O–H groups in total. The second kappa shape index (κ2) is 5.64. The van der Waals surface area contributed by atoms with Crippen molar-refractivity contribution in [3.05, 3.63) is 12.7 Å². The molecule has 0 saturated carbocycles. The molecule has 2 atom stereocenters. The first-order valence-electron chi connectivity index (χ1n) is 5.49. The predicted octanol–water partition coefficient (Wildman–Crippen LogP) is 1.87. The second-order valence-electron chi connectivity index (χ2n) is 4.18. The van der Waals surface area contributed by atoms with Crippen molar-refractivity contribution in [2.45, 2.75) is 44.1 Å². The first kappa shape index (κ1) is 14.2. The molecule has 2 unspecified atom stereocenters. The molecule has 17 heavy (non-hydrogen) atoms. The number of likely N-dealkylation sites (tertiary alicyclic amines) is 1. The minimum absolute atomic E-state index is 0.0408. The van der Waals surface area contributed by atoms with Gasteiger partial charge in [0.25, 0.3) is 0 Å². The summed E-state index contributed by atoms with van der Waals surface area (Å²) in [4.78, 5) is 12.3. The molecule has 0 aliphatic carbocycles. The number of ketones is 1. The van der Waals surface area contributed by atoms with E-state index in [-0.39, 0.29) is 31.6 Å². The second-order valence-corrected chi connectivity index (χ2v) is 4.18. The van der Waals surface area contributed by atoms with Crippen LogP contribution in [0.15, 0.2) is 12.7 Å². The van der Waals surface area contributed by atoms with Crippen LogP contribution in [0.3, 0.4) is 0 Å². The van der Waals surface area contributed by atoms with E-state index < -0.39 is 18.4 Å². The first-order valence-corrected chi connectivity index (χ1v) is 5.49. The molecule has 0 aromatic rings. The smallest absolute Gasteiger partial charge is 0.370 e. The molecule has 0 radical (unpaired) electrons. The Bertz CT molecular complexity index is 291. The number of Topliss-reactive ketones (excluding diaryl/α,β-unsaturated/α-hetero) is 1. The van der Waals surface area contributed by atoms with Gasteiger partial charge in [0.2, 0.25) is 6.23 Å². The summed E-state index contributed by atoms with van der Waals surface area (Å²) >= 11 is 0. The van der Waals surface area contributed by atoms with Gasteiger partial charge < -0.3 is 5.11 Å². The highest BCUT2D eigenvalue weighted by molar-refractivity contribution is 5.79. The van der Waals surface area contributed by atoms with E-state index in [1.54, 1.807) is 0 Å². The summed E-state index contributed by atoms with van der Waals surface area (Å²) < 4.78 is 37.4. The fourth-order valence-electron chi connectivity index (χ4n) is 2.04. The largest absolute Gasteiger partial charge is 0.428 e. The van der Waals surface area contributed by atoms with Crippen LogP contribution in [-0.2, 0) is 4.79 Å². The van der Waals surface area contributed by atoms with Crippen molar-refractivity contribution in [3.63, 3.8) is 0 Å². The molecule has 1 aliphatic rings. The van der Waals surface area contributed by atoms with Crippen molar-refractivity contribution < 1.29 is 23.1 Å². The minimum Gasteiger partial charge on any atom is -0.370 e. The highest BCUT2D eigenvalue weighted by Crippen LogP contribution is 2.28. The van der Waals surface area contributed by atoms with Crippen molar-refractivity contribution in [2.24, 2.45) is 0 Å². The Morgan fingerprint density at radius 1 is 1.59 bits per heavy atom. The molecule has 0 aromatic heterocycles. The number of hydrogen-bond donors (Lipinski definition) is 1. The van der Waals surface area contributed by atoms with Gasteiger partial charge >= 0.3 is 6.18 Å². The van der Waals surface area contributed by atoms with E-state index >= 15 is 0 Å². The van der Waals surface area contributed by atoms with Crippen molar-refractivity contribution >= 4 is 5.78 Å². The summed E-state index contributed by atoms with van der Waals surface area (Å²) in [5.74, 6) is -0.0614. The van der Waals surface area contributed by atoms with Crippen LogP contribution >= 0.6 is 0 Å². The molecule has 1 heterocycles. The standard InChI is InChI=1S/C11H16F3NO2/c1-2-4-8-7-9(16)5-3-6-15(8)10(17)11(12,13)14/h2,8,10,17H,1,3-7H2. The maximum absolute atomic E-state index is 12.5. The summed E-state index contributed by atoms with van der Waals surface area (Å²) in [7, 11) is 0. The maximum Gasteiger partial charge on any atom is 0.428 e. The monoisotopic (exact) mass is 251 g/mol. The summed E-state index contributed by atoms with van der Waals surface area (Å²) in [6.45, 7) is 3.54. The summed E-state index contributed by atoms with van der Waals surface area (Å²) in [6.07, 6.45) is -4.79. The SMILES string of the molecule is C=CCC1CC(=O)CCCN1C(O)C(F)(F)F. The minimum atomic E-state index is -4.69. The number of halogens is 3. The van der Waals surface area contributed by atoms with Crippen molar-refractivity contribution in [3.8, 4) is 0 Å². The molecule has 1 rings (SSSR count). The normalized spacial score (nSPS) is 25.4. The average Bonchev–Trinajstić information content (AvgIpc) is 2.38. The zero-order valence-electron chi connectivity index (χ0n) is 9.41. The topological polar surface area (TPSA) is 40.5 Å². The zero-order chi connectivity index (χ0) is 13.1. The van der Waals surface area contributed by atoms with E-state index in [1.807, 2.05) is 0 Å². The first-order chi connectivity index (χ1) is 7.86. The lowest BCUT2D eigenvalue weighted by Crippen LogP contribution is -2.50. The third kappa shape index (κ3) is 3.81. The van der Waals surface area contributed by atoms with E-state index in [9.17, 15) is 23.1 Å². The Kier molecular flexibility index (Phi) is 4.70. The van der Waals surface area contributed by atoms with Crippen LogP contribution in [0, 0.1) is 0 Å². The van der Waals surface area contributed by atoms with E-state index in [4.69, 9.17) is 0 Å². The van der Waals surface area contributed by atoms with Gasteiger partial charge in [-0.3, -0.25) is 9.69 Å². The van der Waals surface area contributed by atoms with Crippen molar-refractivity contribution in [1.29, 1.82) is 0 Å². The number of aliphatic hydroxyl groups is 1. The van der Waals surface area contributed by atoms with Gasteiger partial charge in [-0.1, -0.05) is 6.08 Å². The van der Waals surface area contributed by atoms with Gasteiger partial charge in [-0.2, -0.15) is 13.2 Å². The molecular formula is C11H16F3NO2. The third-order valence-corrected chi connectivity index (χ3v) is 2.85. The number of alkyl halides is 3. The van der Waals surface area contributed by atoms with Crippen LogP contribution in [0.25, 0.3) is 0 Å². The molecular weight excluding hydrogens is 235 g/mol. The van der Waals surface area contributed by atoms with E-state index in [2.05, 4.69) is 6.58 Å². The molecule has 0 amide bonds. The van der Waals surface area contributed by atoms with E-state index in [0.717, 1.165) is 4.90 Å². The predicted molar refractivity (Wildman–Crippen MR) is 56.2 cm³/mol. The van der Waals surface area contributed by atoms with Crippen LogP contribution in [0.2, 0.25) is 0 Å². The Morgan fingerprint density at radius 3 is 2.76 bits per heavy atom.